The van der Waals surface area contributed by atoms with E-state index >= 15 is 4.79 Å². The number of aromatic nitrogens is 2. The number of urea groups is 1. The highest BCUT2D eigenvalue weighted by Crippen LogP contribution is 2.48. The summed E-state index contributed by atoms with van der Waals surface area (Å²) in [5.74, 6) is 1.43. The van der Waals surface area contributed by atoms with Gasteiger partial charge in [0.05, 0.1) is 17.6 Å². The Balaban J connectivity index is 1.12. The second kappa shape index (κ2) is 18.1. The highest BCUT2D eigenvalue weighted by atomic mass is 31.2. The smallest absolute Gasteiger partial charge is 0.468 e. The number of anilines is 1. The van der Waals surface area contributed by atoms with Crippen LogP contribution >= 0.6 is 7.60 Å². The van der Waals surface area contributed by atoms with Crippen LogP contribution < -0.4 is 19.5 Å². The van der Waals surface area contributed by atoms with Crippen LogP contribution in [0.4, 0.5) is 10.6 Å². The zero-order chi connectivity index (χ0) is 41.5. The maximum atomic E-state index is 15.3. The van der Waals surface area contributed by atoms with Gasteiger partial charge in [0.1, 0.15) is 29.5 Å². The Morgan fingerprint density at radius 1 is 0.600 bits per heavy atom. The standard InChI is InChI=1S/C47H46N5O7P/c48-46-40-27-36(24-25-41(40)49-50-46)31-52-43(29-34-16-7-2-8-17-34)45(54)44(53)42(28-33-14-5-1-6-15-33)51(47(52)55)30-35-18-13-23-39(26-35)57-32-60(56,58-37-19-9-3-10-20-37)59-38-21-11-4-12-22-38/h1-27,42-45,53-54H,28-32H2,(H3,48,49,50)/t42-,43-,44+,45+/m1/s1. The Hall–Kier alpha value is -6.59. The SMILES string of the molecule is Nc1n[nH]c2ccc(CN3C(=O)N(Cc4cccc(OCP(=O)(Oc5ccccc5)Oc5ccccc5)c4)[C@H](Cc4ccccc4)[C@H](O)[C@@H](O)[C@H]3Cc3ccccc3)cc12. The summed E-state index contributed by atoms with van der Waals surface area (Å²) in [4.78, 5) is 18.6. The first kappa shape index (κ1) is 40.2. The summed E-state index contributed by atoms with van der Waals surface area (Å²) < 4.78 is 32.2. The number of para-hydroxylation sites is 2. The number of amides is 2. The number of hydrogen-bond acceptors (Lipinski definition) is 9. The molecule has 12 nitrogen and oxygen atoms in total. The molecule has 1 aromatic heterocycles. The van der Waals surface area contributed by atoms with Gasteiger partial charge in [0, 0.05) is 18.5 Å². The van der Waals surface area contributed by atoms with E-state index in [1.807, 2.05) is 97.1 Å². The quantitative estimate of drug-likeness (QED) is 0.0747. The van der Waals surface area contributed by atoms with Crippen molar-refractivity contribution in [1.29, 1.82) is 0 Å². The summed E-state index contributed by atoms with van der Waals surface area (Å²) in [5, 5.41) is 32.2. The molecular formula is C47H46N5O7P. The third-order valence-corrected chi connectivity index (χ3v) is 12.1. The van der Waals surface area contributed by atoms with E-state index in [4.69, 9.17) is 19.5 Å². The van der Waals surface area contributed by atoms with Gasteiger partial charge in [-0.1, -0.05) is 115 Å². The molecule has 1 fully saturated rings. The van der Waals surface area contributed by atoms with Crippen LogP contribution in [0.1, 0.15) is 22.3 Å². The molecule has 1 saturated heterocycles. The van der Waals surface area contributed by atoms with Gasteiger partial charge in [-0.25, -0.2) is 9.36 Å². The Morgan fingerprint density at radius 2 is 1.07 bits per heavy atom. The van der Waals surface area contributed by atoms with Crippen LogP contribution in [-0.2, 0) is 30.5 Å². The van der Waals surface area contributed by atoms with Crippen molar-refractivity contribution in [2.24, 2.45) is 0 Å². The van der Waals surface area contributed by atoms with Crippen LogP contribution in [0.2, 0.25) is 0 Å². The van der Waals surface area contributed by atoms with Crippen molar-refractivity contribution < 1.29 is 33.4 Å². The van der Waals surface area contributed by atoms with Gasteiger partial charge in [0.25, 0.3) is 0 Å². The Kier molecular flexibility index (Phi) is 12.1. The molecule has 0 radical (unpaired) electrons. The van der Waals surface area contributed by atoms with E-state index in [-0.39, 0.29) is 25.5 Å². The van der Waals surface area contributed by atoms with Crippen LogP contribution in [-0.4, -0.2) is 66.9 Å². The largest absolute Gasteiger partial charge is 0.479 e. The first-order valence-corrected chi connectivity index (χ1v) is 21.5. The summed E-state index contributed by atoms with van der Waals surface area (Å²) >= 11 is 0. The number of nitrogens with two attached hydrogens (primary N) is 1. The highest BCUT2D eigenvalue weighted by Gasteiger charge is 2.46. The van der Waals surface area contributed by atoms with E-state index < -0.39 is 38.2 Å². The van der Waals surface area contributed by atoms with Crippen molar-refractivity contribution in [3.63, 3.8) is 0 Å². The molecule has 2 amide bonds. The molecule has 6 aromatic carbocycles. The van der Waals surface area contributed by atoms with E-state index in [0.717, 1.165) is 27.6 Å². The lowest BCUT2D eigenvalue weighted by Gasteiger charge is -2.36. The zero-order valence-electron chi connectivity index (χ0n) is 32.7. The molecule has 0 unspecified atom stereocenters. The first-order chi connectivity index (χ1) is 29.2. The van der Waals surface area contributed by atoms with E-state index in [2.05, 4.69) is 10.2 Å². The molecule has 2 heterocycles. The Morgan fingerprint density at radius 3 is 1.60 bits per heavy atom. The maximum Gasteiger partial charge on any atom is 0.468 e. The molecule has 60 heavy (non-hydrogen) atoms. The maximum absolute atomic E-state index is 15.3. The summed E-state index contributed by atoms with van der Waals surface area (Å²) in [6.07, 6.45) is -2.47. The van der Waals surface area contributed by atoms with Gasteiger partial charge in [0.15, 0.2) is 5.82 Å². The number of carbonyl (C=O) groups is 1. The van der Waals surface area contributed by atoms with Crippen molar-refractivity contribution >= 4 is 30.3 Å². The van der Waals surface area contributed by atoms with Gasteiger partial charge in [-0.3, -0.25) is 5.10 Å². The first-order valence-electron chi connectivity index (χ1n) is 19.8. The molecule has 4 atom stereocenters. The van der Waals surface area contributed by atoms with Crippen LogP contribution in [0, 0.1) is 0 Å². The number of aromatic amines is 1. The van der Waals surface area contributed by atoms with E-state index in [1.165, 1.54) is 0 Å². The third-order valence-electron chi connectivity index (χ3n) is 10.6. The topological polar surface area (TPSA) is 163 Å². The summed E-state index contributed by atoms with van der Waals surface area (Å²) in [5.41, 5.74) is 10.2. The summed E-state index contributed by atoms with van der Waals surface area (Å²) in [6, 6.07) is 47.6. The van der Waals surface area contributed by atoms with Crippen molar-refractivity contribution in [2.45, 2.75) is 50.2 Å². The van der Waals surface area contributed by atoms with Crippen LogP contribution in [0.5, 0.6) is 17.2 Å². The lowest BCUT2D eigenvalue weighted by Crippen LogP contribution is -2.50. The number of H-pyrrole nitrogens is 1. The minimum absolute atomic E-state index is 0.0538. The number of fused-ring (bicyclic) bond motifs is 1. The fourth-order valence-corrected chi connectivity index (χ4v) is 8.97. The minimum atomic E-state index is -3.92. The molecular weight excluding hydrogens is 778 g/mol. The summed E-state index contributed by atoms with van der Waals surface area (Å²) in [7, 11) is -3.92. The number of nitrogens with one attached hydrogen (secondary N) is 1. The highest BCUT2D eigenvalue weighted by molar-refractivity contribution is 7.54. The van der Waals surface area contributed by atoms with E-state index in [9.17, 15) is 14.8 Å². The predicted octanol–water partition coefficient (Wildman–Crippen LogP) is 8.21. The Bertz CT molecular complexity index is 2500. The zero-order valence-corrected chi connectivity index (χ0v) is 33.6. The number of rotatable bonds is 15. The molecule has 0 aliphatic carbocycles. The predicted molar refractivity (Wildman–Crippen MR) is 231 cm³/mol. The fourth-order valence-electron chi connectivity index (χ4n) is 7.63. The molecule has 5 N–H and O–H groups in total. The number of benzene rings is 6. The number of ether oxygens (including phenoxy) is 1. The van der Waals surface area contributed by atoms with Crippen LogP contribution in [0.3, 0.4) is 0 Å². The number of carbonyl (C=O) groups excluding carboxylic acids is 1. The molecule has 0 saturated carbocycles. The lowest BCUT2D eigenvalue weighted by molar-refractivity contribution is -0.0408. The molecule has 1 aliphatic rings. The lowest BCUT2D eigenvalue weighted by atomic mass is 9.91. The number of aliphatic hydroxyl groups excluding tert-OH is 2. The average molecular weight is 824 g/mol. The van der Waals surface area contributed by atoms with Gasteiger partial charge >= 0.3 is 13.6 Å². The molecule has 1 aliphatic heterocycles. The normalized spacial score (nSPS) is 18.3. The summed E-state index contributed by atoms with van der Waals surface area (Å²) in [6.45, 7) is 0.175. The van der Waals surface area contributed by atoms with E-state index in [1.54, 1.807) is 76.5 Å². The average Bonchev–Trinajstić information content (AvgIpc) is 3.63. The minimum Gasteiger partial charge on any atom is -0.479 e. The van der Waals surface area contributed by atoms with Crippen LogP contribution in [0.25, 0.3) is 10.9 Å². The number of nitrogens with zero attached hydrogens (tertiary/aromatic N) is 3. The van der Waals surface area contributed by atoms with Crippen molar-refractivity contribution in [1.82, 2.24) is 20.0 Å². The van der Waals surface area contributed by atoms with Gasteiger partial charge in [-0.05, 0) is 83.6 Å². The monoisotopic (exact) mass is 823 g/mol. The van der Waals surface area contributed by atoms with Gasteiger partial charge in [-0.2, -0.15) is 5.10 Å². The van der Waals surface area contributed by atoms with Gasteiger partial charge in [0.2, 0.25) is 6.35 Å². The van der Waals surface area contributed by atoms with Crippen LogP contribution in [0.15, 0.2) is 164 Å². The molecule has 0 spiro atoms. The van der Waals surface area contributed by atoms with Crippen molar-refractivity contribution in [2.75, 3.05) is 12.1 Å². The van der Waals surface area contributed by atoms with Crippen molar-refractivity contribution in [3.05, 3.63) is 186 Å². The molecule has 13 heteroatoms. The van der Waals surface area contributed by atoms with Gasteiger partial charge < -0.3 is 39.5 Å². The van der Waals surface area contributed by atoms with Crippen molar-refractivity contribution in [3.8, 4) is 17.2 Å². The van der Waals surface area contributed by atoms with E-state index in [0.29, 0.717) is 35.1 Å². The number of hydrogen-bond donors (Lipinski definition) is 4. The molecule has 0 bridgehead atoms. The number of nitrogen functional groups attached to an aromatic ring is 1. The number of aliphatic hydroxyl groups is 2. The molecule has 306 valence electrons. The third kappa shape index (κ3) is 9.48. The molecule has 8 rings (SSSR count). The van der Waals surface area contributed by atoms with Gasteiger partial charge in [-0.15, -0.1) is 0 Å². The Labute approximate surface area is 348 Å². The second-order valence-electron chi connectivity index (χ2n) is 14.9. The molecule has 7 aromatic rings. The second-order valence-corrected chi connectivity index (χ2v) is 16.7. The fraction of sp³-hybridized carbons (Fsp3) is 0.191.